The van der Waals surface area contributed by atoms with E-state index in [1.807, 2.05) is 72.8 Å². The first-order valence-corrected chi connectivity index (χ1v) is 41.5. The second kappa shape index (κ2) is 34.4. The Labute approximate surface area is 631 Å². The summed E-state index contributed by atoms with van der Waals surface area (Å²) < 4.78 is 116. The first-order chi connectivity index (χ1) is 52.1. The number of benzene rings is 3. The lowest BCUT2D eigenvalue weighted by Gasteiger charge is -2.48. The fourth-order valence-corrected chi connectivity index (χ4v) is 22.9. The Bertz CT molecular complexity index is 4500. The molecule has 574 valence electrons. The van der Waals surface area contributed by atoms with Crippen LogP contribution in [0.5, 0.6) is 0 Å². The number of pyridine rings is 3. The number of aromatic nitrogens is 3. The highest BCUT2D eigenvalue weighted by Gasteiger charge is 2.56. The number of carbonyl (C=O) groups is 4. The predicted octanol–water partition coefficient (Wildman–Crippen LogP) is 14.3. The minimum absolute atomic E-state index is 0.0219. The van der Waals surface area contributed by atoms with Gasteiger partial charge >= 0.3 is 24.2 Å². The van der Waals surface area contributed by atoms with Gasteiger partial charge in [-0.15, -0.1) is 0 Å². The van der Waals surface area contributed by atoms with Gasteiger partial charge in [-0.3, -0.25) is 19.7 Å². The summed E-state index contributed by atoms with van der Waals surface area (Å²) in [7, 11) is -4.87. The van der Waals surface area contributed by atoms with Crippen LogP contribution in [0.4, 0.5) is 27.6 Å². The Morgan fingerprint density at radius 1 is 0.500 bits per heavy atom. The number of sulfonamides is 2. The zero-order valence-electron chi connectivity index (χ0n) is 61.3. The Kier molecular flexibility index (Phi) is 24.7. The number of rotatable bonds is 15. The van der Waals surface area contributed by atoms with E-state index >= 15 is 0 Å². The van der Waals surface area contributed by atoms with Crippen LogP contribution in [0.2, 0.25) is 0 Å². The predicted molar refractivity (Wildman–Crippen MR) is 406 cm³/mol. The molecule has 9 aliphatic rings. The lowest BCUT2D eigenvalue weighted by Crippen LogP contribution is -2.50. The van der Waals surface area contributed by atoms with Gasteiger partial charge in [-0.2, -0.15) is 0 Å². The quantitative estimate of drug-likeness (QED) is 0.0550. The molecular formula is C83H97F3N8O12S2. The molecule has 6 saturated carbocycles. The van der Waals surface area contributed by atoms with Crippen molar-refractivity contribution < 1.29 is 68.1 Å². The van der Waals surface area contributed by atoms with Gasteiger partial charge in [0.2, 0.25) is 20.0 Å². The number of ether oxygens (including phenoxy) is 4. The van der Waals surface area contributed by atoms with Crippen molar-refractivity contribution in [2.24, 2.45) is 76.9 Å². The standard InChI is InChI=1S/C28H34FN3O4S.C28H31FN2O4.C27H32FN3O4S/c1-3-36-28(33)31-23-10-11-24-20(14-23)15-27-26(17-37(34,35)32(27)2)25(24)12-9-22-8-7-19(16-30-22)18-5-4-6-21(29)13-18;1-2-34-28(33)31-23-9-10-24-19(14-23)12-20-16-35-27(32)26(20)25(24)11-8-22-7-6-18(15-30-22)17-4-3-5-21(29)13-17;1-2-35-27(32)30-22-9-10-23-19(13-22)14-26-25(16-36(33,34)31-26)24(23)11-8-21-7-6-18(15-29-21)17-4-3-5-20(28)12-17/h4-9,12-13,16,20,23-27H,3,10-11,14-15,17H2,1-2H3,(H,31,33);3-8,11,13,15,19-20,23-26H,2,9-10,12,14,16H2,1H3,(H,31,33);3-8,11-12,15,19,22-26,31H,2,9-10,13-14,16H2,1H3,(H,30,32)/b12-9+;2*11-8+/t20-,23+,24+,25-,26+,27-;19-,20+,23-,24-,25+,26-;19-,22+,23+,24-,25+,26-/m010/s1. The molecule has 18 atom stereocenters. The molecule has 108 heavy (non-hydrogen) atoms. The Hall–Kier alpha value is -8.78. The molecule has 0 radical (unpaired) electrons. The third kappa shape index (κ3) is 18.6. The maximum atomic E-state index is 13.6. The van der Waals surface area contributed by atoms with Gasteiger partial charge in [0.15, 0.2) is 0 Å². The number of fused-ring (bicyclic) bond motifs is 6. The zero-order chi connectivity index (χ0) is 75.8. The first-order valence-electron chi connectivity index (χ1n) is 38.2. The van der Waals surface area contributed by atoms with Crippen molar-refractivity contribution in [3.05, 3.63) is 181 Å². The van der Waals surface area contributed by atoms with E-state index < -0.39 is 20.0 Å². The van der Waals surface area contributed by atoms with Crippen LogP contribution in [0, 0.1) is 94.4 Å². The van der Waals surface area contributed by atoms with Crippen LogP contribution in [-0.4, -0.2) is 136 Å². The highest BCUT2D eigenvalue weighted by atomic mass is 32.2. The van der Waals surface area contributed by atoms with E-state index in [1.54, 1.807) is 68.9 Å². The van der Waals surface area contributed by atoms with Crippen molar-refractivity contribution in [2.75, 3.05) is 45.0 Å². The molecule has 3 saturated heterocycles. The normalized spacial score (nSPS) is 30.6. The zero-order valence-corrected chi connectivity index (χ0v) is 63.0. The van der Waals surface area contributed by atoms with Crippen molar-refractivity contribution in [1.82, 2.24) is 39.9 Å². The fraction of sp³-hybridized carbons (Fsp3) is 0.482. The summed E-state index contributed by atoms with van der Waals surface area (Å²) >= 11 is 0. The second-order valence-corrected chi connectivity index (χ2v) is 34.3. The van der Waals surface area contributed by atoms with Gasteiger partial charge in [-0.1, -0.05) is 72.8 Å². The highest BCUT2D eigenvalue weighted by Crippen LogP contribution is 2.54. The number of carbonyl (C=O) groups excluding carboxylic acids is 4. The number of alkyl carbamates (subject to hydrolysis) is 3. The molecule has 0 bridgehead atoms. The minimum atomic E-state index is -3.29. The highest BCUT2D eigenvalue weighted by molar-refractivity contribution is 7.89. The van der Waals surface area contributed by atoms with E-state index in [2.05, 4.69) is 53.9 Å². The minimum Gasteiger partial charge on any atom is -0.465 e. The van der Waals surface area contributed by atoms with Gasteiger partial charge in [0, 0.05) is 78.5 Å². The summed E-state index contributed by atoms with van der Waals surface area (Å²) in [5.74, 6) is 1.94. The van der Waals surface area contributed by atoms with Crippen molar-refractivity contribution in [3.63, 3.8) is 0 Å². The van der Waals surface area contributed by atoms with Gasteiger partial charge in [0.05, 0.1) is 60.9 Å². The summed E-state index contributed by atoms with van der Waals surface area (Å²) in [4.78, 5) is 62.1. The number of halogens is 3. The number of allylic oxidation sites excluding steroid dienone is 3. The van der Waals surface area contributed by atoms with E-state index in [0.717, 1.165) is 128 Å². The molecule has 0 unspecified atom stereocenters. The Balaban J connectivity index is 0.000000143. The summed E-state index contributed by atoms with van der Waals surface area (Å²) in [6, 6.07) is 30.9. The van der Waals surface area contributed by atoms with Crippen molar-refractivity contribution in [2.45, 2.75) is 128 Å². The maximum absolute atomic E-state index is 13.6. The summed E-state index contributed by atoms with van der Waals surface area (Å²) in [5.41, 5.74) is 7.21. The van der Waals surface area contributed by atoms with Gasteiger partial charge in [-0.05, 0) is 252 Å². The first kappa shape index (κ1) is 77.4. The van der Waals surface area contributed by atoms with Crippen LogP contribution in [0.25, 0.3) is 51.6 Å². The van der Waals surface area contributed by atoms with E-state index in [9.17, 15) is 49.2 Å². The number of nitrogens with zero attached hydrogens (tertiary/aromatic N) is 4. The van der Waals surface area contributed by atoms with Crippen molar-refractivity contribution >= 4 is 62.5 Å². The van der Waals surface area contributed by atoms with Crippen LogP contribution in [-0.2, 0) is 43.8 Å². The van der Waals surface area contributed by atoms with Crippen molar-refractivity contribution in [1.29, 1.82) is 0 Å². The number of nitrogens with one attached hydrogen (secondary N) is 4. The smallest absolute Gasteiger partial charge is 0.407 e. The molecule has 4 N–H and O–H groups in total. The third-order valence-electron chi connectivity index (χ3n) is 24.1. The molecule has 6 aromatic rings. The van der Waals surface area contributed by atoms with E-state index in [4.69, 9.17) is 18.9 Å². The van der Waals surface area contributed by atoms with E-state index in [0.29, 0.717) is 61.9 Å². The molecular weight excluding hydrogens is 1420 g/mol. The topological polar surface area (TPSA) is 264 Å². The molecule has 15 rings (SSSR count). The second-order valence-electron chi connectivity index (χ2n) is 30.5. The SMILES string of the molecule is CCOC(=O)N[C@@H]1CC[C@@H]2[C@@H](C1)C[C@@H]1NS(=O)(=O)C[C@@H]1[C@H]2/C=C/c1ccc(-c2cccc(F)c2)cn1.CCOC(=O)N[C@@H]1CC[C@@H]2[C@@H](C1)C[C@H]1COC(=O)[C@H]1[C@H]2/C=C/c1ccc(-c2cccc(F)c2)cn1.CCOC(=O)N[C@@H]1CC[C@@H]2[C@@H](C1)C[C@H]1[C@H](CS(=O)(=O)N1C)[C@H]2/C=C/c1ccc(-c2cccc(F)c2)cn1. The van der Waals surface area contributed by atoms with E-state index in [1.165, 1.54) is 36.4 Å². The third-order valence-corrected chi connectivity index (χ3v) is 27.5. The number of cyclic esters (lactones) is 1. The molecule has 0 spiro atoms. The Morgan fingerprint density at radius 3 is 1.32 bits per heavy atom. The number of hydrogen-bond donors (Lipinski definition) is 4. The fourth-order valence-electron chi connectivity index (χ4n) is 19.3. The number of esters is 1. The van der Waals surface area contributed by atoms with Gasteiger partial charge in [0.1, 0.15) is 17.5 Å². The Morgan fingerprint density at radius 2 is 0.907 bits per heavy atom. The number of hydrogen-bond acceptors (Lipinski definition) is 15. The van der Waals surface area contributed by atoms with E-state index in [-0.39, 0.29) is 125 Å². The van der Waals surface area contributed by atoms with Crippen LogP contribution in [0.3, 0.4) is 0 Å². The average molecular weight is 1520 g/mol. The molecule has 3 aliphatic heterocycles. The number of amides is 3. The molecule has 6 heterocycles. The molecule has 3 aromatic heterocycles. The molecule has 3 aromatic carbocycles. The lowest BCUT2D eigenvalue weighted by atomic mass is 9.58. The van der Waals surface area contributed by atoms with Gasteiger partial charge in [-0.25, -0.2) is 53.4 Å². The average Bonchev–Trinajstić information content (AvgIpc) is 1.58. The molecule has 9 fully saturated rings. The van der Waals surface area contributed by atoms with Crippen molar-refractivity contribution in [3.8, 4) is 33.4 Å². The molecule has 6 aliphatic carbocycles. The largest absolute Gasteiger partial charge is 0.465 e. The lowest BCUT2D eigenvalue weighted by molar-refractivity contribution is -0.143. The van der Waals surface area contributed by atoms with Crippen LogP contribution in [0.1, 0.15) is 115 Å². The summed E-state index contributed by atoms with van der Waals surface area (Å²) in [6.07, 6.45) is 27.0. The summed E-state index contributed by atoms with van der Waals surface area (Å²) in [5, 5.41) is 8.97. The molecule has 3 amide bonds. The van der Waals surface area contributed by atoms with Gasteiger partial charge in [0.25, 0.3) is 0 Å². The summed E-state index contributed by atoms with van der Waals surface area (Å²) in [6.45, 7) is 6.88. The monoisotopic (exact) mass is 1520 g/mol. The van der Waals surface area contributed by atoms with Crippen LogP contribution in [0.15, 0.2) is 146 Å². The van der Waals surface area contributed by atoms with Gasteiger partial charge < -0.3 is 34.9 Å². The maximum Gasteiger partial charge on any atom is 0.407 e. The molecule has 20 nitrogen and oxygen atoms in total. The molecule has 25 heteroatoms. The van der Waals surface area contributed by atoms with Crippen LogP contribution < -0.4 is 20.7 Å². The van der Waals surface area contributed by atoms with Crippen LogP contribution >= 0.6 is 0 Å².